The van der Waals surface area contributed by atoms with Crippen LogP contribution in [0.2, 0.25) is 0 Å². The summed E-state index contributed by atoms with van der Waals surface area (Å²) in [4.78, 5) is 15.9. The molecule has 19 heavy (non-hydrogen) atoms. The topological polar surface area (TPSA) is 43.8 Å². The van der Waals surface area contributed by atoms with Gasteiger partial charge < -0.3 is 14.9 Å². The van der Waals surface area contributed by atoms with E-state index in [1.165, 1.54) is 5.69 Å². The molecule has 104 valence electrons. The third-order valence-electron chi connectivity index (χ3n) is 4.18. The van der Waals surface area contributed by atoms with Crippen molar-refractivity contribution in [3.05, 3.63) is 24.3 Å². The summed E-state index contributed by atoms with van der Waals surface area (Å²) in [7, 11) is 2.08. The molecule has 0 aliphatic carbocycles. The number of likely N-dealkylation sites (N-methyl/N-ethyl adjacent to an activating group) is 1. The number of fused-ring (bicyclic) bond motifs is 1. The molecule has 1 aromatic rings. The summed E-state index contributed by atoms with van der Waals surface area (Å²) in [5.74, 6) is -0.716. The highest BCUT2D eigenvalue weighted by molar-refractivity contribution is 5.77. The molecule has 1 atom stereocenters. The van der Waals surface area contributed by atoms with Gasteiger partial charge in [0.2, 0.25) is 0 Å². The van der Waals surface area contributed by atoms with E-state index < -0.39 is 11.4 Å². The largest absolute Gasteiger partial charge is 0.481 e. The predicted molar refractivity (Wildman–Crippen MR) is 78.0 cm³/mol. The van der Waals surface area contributed by atoms with Crippen LogP contribution in [-0.2, 0) is 4.79 Å². The maximum absolute atomic E-state index is 11.5. The van der Waals surface area contributed by atoms with Crippen molar-refractivity contribution >= 4 is 17.3 Å². The molecule has 2 rings (SSSR count). The fourth-order valence-electron chi connectivity index (χ4n) is 2.48. The Bertz CT molecular complexity index is 475. The summed E-state index contributed by atoms with van der Waals surface area (Å²) in [5.41, 5.74) is 1.62. The second-order valence-electron chi connectivity index (χ2n) is 5.55. The molecule has 1 aliphatic rings. The normalized spacial score (nSPS) is 17.8. The standard InChI is InChI=1S/C15H22N2O2/c1-4-15(2,14(18)19)11-17-10-9-16(3)12-7-5-6-8-13(12)17/h5-8H,4,9-11H2,1-3H3,(H,18,19). The fraction of sp³-hybridized carbons (Fsp3) is 0.533. The van der Waals surface area contributed by atoms with Crippen LogP contribution in [0.5, 0.6) is 0 Å². The summed E-state index contributed by atoms with van der Waals surface area (Å²) < 4.78 is 0. The molecule has 0 amide bonds. The molecule has 1 heterocycles. The van der Waals surface area contributed by atoms with Gasteiger partial charge in [-0.3, -0.25) is 4.79 Å². The van der Waals surface area contributed by atoms with E-state index in [1.54, 1.807) is 0 Å². The van der Waals surface area contributed by atoms with Crippen LogP contribution in [0.15, 0.2) is 24.3 Å². The molecule has 1 aromatic carbocycles. The number of nitrogens with zero attached hydrogens (tertiary/aromatic N) is 2. The zero-order valence-electron chi connectivity index (χ0n) is 11.9. The van der Waals surface area contributed by atoms with E-state index in [9.17, 15) is 9.90 Å². The summed E-state index contributed by atoms with van der Waals surface area (Å²) >= 11 is 0. The van der Waals surface area contributed by atoms with Crippen LogP contribution in [0.25, 0.3) is 0 Å². The van der Waals surface area contributed by atoms with Gasteiger partial charge in [-0.05, 0) is 25.5 Å². The first kappa shape index (κ1) is 13.7. The molecule has 1 N–H and O–H groups in total. The minimum absolute atomic E-state index is 0.559. The molecule has 0 saturated heterocycles. The molecular weight excluding hydrogens is 240 g/mol. The summed E-state index contributed by atoms with van der Waals surface area (Å²) in [5, 5.41) is 9.43. The minimum Gasteiger partial charge on any atom is -0.481 e. The molecule has 0 radical (unpaired) electrons. The molecule has 0 spiro atoms. The van der Waals surface area contributed by atoms with Crippen molar-refractivity contribution in [2.45, 2.75) is 20.3 Å². The molecule has 0 fully saturated rings. The minimum atomic E-state index is -0.716. The Morgan fingerprint density at radius 2 is 1.95 bits per heavy atom. The number of rotatable bonds is 4. The predicted octanol–water partition coefficient (Wildman–Crippen LogP) is 2.44. The first-order valence-corrected chi connectivity index (χ1v) is 6.76. The van der Waals surface area contributed by atoms with E-state index in [2.05, 4.69) is 29.0 Å². The fourth-order valence-corrected chi connectivity index (χ4v) is 2.48. The number of para-hydroxylation sites is 2. The van der Waals surface area contributed by atoms with E-state index in [0.29, 0.717) is 13.0 Å². The average Bonchev–Trinajstić information content (AvgIpc) is 2.42. The van der Waals surface area contributed by atoms with Crippen LogP contribution in [-0.4, -0.2) is 37.8 Å². The Hall–Kier alpha value is -1.71. The third-order valence-corrected chi connectivity index (χ3v) is 4.18. The van der Waals surface area contributed by atoms with Crippen molar-refractivity contribution in [2.24, 2.45) is 5.41 Å². The Morgan fingerprint density at radius 1 is 1.32 bits per heavy atom. The van der Waals surface area contributed by atoms with Gasteiger partial charge in [0.05, 0.1) is 16.8 Å². The highest BCUT2D eigenvalue weighted by Crippen LogP contribution is 2.34. The van der Waals surface area contributed by atoms with Gasteiger partial charge >= 0.3 is 5.97 Å². The van der Waals surface area contributed by atoms with E-state index in [-0.39, 0.29) is 0 Å². The summed E-state index contributed by atoms with van der Waals surface area (Å²) in [6, 6.07) is 8.19. The Labute approximate surface area is 114 Å². The molecule has 4 nitrogen and oxygen atoms in total. The van der Waals surface area contributed by atoms with E-state index in [4.69, 9.17) is 0 Å². The van der Waals surface area contributed by atoms with Crippen LogP contribution in [0.3, 0.4) is 0 Å². The number of aliphatic carboxylic acids is 1. The van der Waals surface area contributed by atoms with Gasteiger partial charge in [0.1, 0.15) is 0 Å². The lowest BCUT2D eigenvalue weighted by Crippen LogP contribution is -2.46. The smallest absolute Gasteiger partial charge is 0.311 e. The molecule has 0 bridgehead atoms. The maximum Gasteiger partial charge on any atom is 0.311 e. The number of anilines is 2. The van der Waals surface area contributed by atoms with Crippen molar-refractivity contribution < 1.29 is 9.90 Å². The molecule has 0 saturated carbocycles. The Kier molecular flexibility index (Phi) is 3.69. The first-order chi connectivity index (χ1) is 8.98. The number of hydrogen-bond donors (Lipinski definition) is 1. The van der Waals surface area contributed by atoms with Crippen LogP contribution in [0, 0.1) is 5.41 Å². The lowest BCUT2D eigenvalue weighted by atomic mass is 9.86. The van der Waals surface area contributed by atoms with E-state index in [0.717, 1.165) is 18.8 Å². The molecular formula is C15H22N2O2. The number of carboxylic acid groups (broad SMARTS) is 1. The van der Waals surface area contributed by atoms with Gasteiger partial charge in [0.25, 0.3) is 0 Å². The van der Waals surface area contributed by atoms with Crippen molar-refractivity contribution in [3.63, 3.8) is 0 Å². The van der Waals surface area contributed by atoms with Gasteiger partial charge in [-0.2, -0.15) is 0 Å². The van der Waals surface area contributed by atoms with Gasteiger partial charge in [0, 0.05) is 26.7 Å². The second-order valence-corrected chi connectivity index (χ2v) is 5.55. The first-order valence-electron chi connectivity index (χ1n) is 6.76. The zero-order chi connectivity index (χ0) is 14.0. The van der Waals surface area contributed by atoms with Gasteiger partial charge in [-0.25, -0.2) is 0 Å². The van der Waals surface area contributed by atoms with Crippen LogP contribution < -0.4 is 9.80 Å². The molecule has 0 aromatic heterocycles. The van der Waals surface area contributed by atoms with E-state index in [1.807, 2.05) is 26.0 Å². The maximum atomic E-state index is 11.5. The molecule has 4 heteroatoms. The average molecular weight is 262 g/mol. The van der Waals surface area contributed by atoms with Crippen LogP contribution >= 0.6 is 0 Å². The van der Waals surface area contributed by atoms with Gasteiger partial charge in [0.15, 0.2) is 0 Å². The van der Waals surface area contributed by atoms with E-state index >= 15 is 0 Å². The van der Waals surface area contributed by atoms with Gasteiger partial charge in [-0.1, -0.05) is 19.1 Å². The lowest BCUT2D eigenvalue weighted by molar-refractivity contribution is -0.147. The van der Waals surface area contributed by atoms with Gasteiger partial charge in [-0.15, -0.1) is 0 Å². The lowest BCUT2D eigenvalue weighted by Gasteiger charge is -2.40. The Balaban J connectivity index is 2.28. The third kappa shape index (κ3) is 2.53. The van der Waals surface area contributed by atoms with Crippen molar-refractivity contribution in [2.75, 3.05) is 36.5 Å². The monoisotopic (exact) mass is 262 g/mol. The van der Waals surface area contributed by atoms with Crippen LogP contribution in [0.4, 0.5) is 11.4 Å². The summed E-state index contributed by atoms with van der Waals surface area (Å²) in [6.07, 6.45) is 0.636. The number of carboxylic acids is 1. The SMILES string of the molecule is CCC(C)(CN1CCN(C)c2ccccc21)C(=O)O. The number of benzene rings is 1. The zero-order valence-corrected chi connectivity index (χ0v) is 11.9. The summed E-state index contributed by atoms with van der Waals surface area (Å²) in [6.45, 7) is 6.13. The highest BCUT2D eigenvalue weighted by atomic mass is 16.4. The van der Waals surface area contributed by atoms with Crippen molar-refractivity contribution in [3.8, 4) is 0 Å². The molecule has 1 unspecified atom stereocenters. The highest BCUT2D eigenvalue weighted by Gasteiger charge is 2.35. The van der Waals surface area contributed by atoms with Crippen molar-refractivity contribution in [1.29, 1.82) is 0 Å². The Morgan fingerprint density at radius 3 is 2.53 bits per heavy atom. The number of carbonyl (C=O) groups is 1. The quantitative estimate of drug-likeness (QED) is 0.905. The molecule has 1 aliphatic heterocycles. The van der Waals surface area contributed by atoms with Crippen LogP contribution in [0.1, 0.15) is 20.3 Å². The number of hydrogen-bond acceptors (Lipinski definition) is 3. The second kappa shape index (κ2) is 5.11. The van der Waals surface area contributed by atoms with Crippen molar-refractivity contribution in [1.82, 2.24) is 0 Å².